The molecule has 20 heavy (non-hydrogen) atoms. The molecule has 0 saturated heterocycles. The second-order valence-corrected chi connectivity index (χ2v) is 7.28. The number of benzene rings is 1. The van der Waals surface area contributed by atoms with Gasteiger partial charge in [-0.2, -0.15) is 0 Å². The maximum absolute atomic E-state index is 12.1. The largest absolute Gasteiger partial charge is 0.352 e. The van der Waals surface area contributed by atoms with E-state index in [0.29, 0.717) is 6.54 Å². The van der Waals surface area contributed by atoms with Crippen LogP contribution in [0.2, 0.25) is 10.0 Å². The number of unbranched alkanes of at least 4 members (excludes halogenated alkanes) is 1. The number of rotatable bonds is 6. The van der Waals surface area contributed by atoms with Crippen LogP contribution in [-0.4, -0.2) is 26.6 Å². The van der Waals surface area contributed by atoms with Gasteiger partial charge in [0.1, 0.15) is 0 Å². The molecule has 112 valence electrons. The van der Waals surface area contributed by atoms with E-state index in [0.717, 1.165) is 12.8 Å². The molecule has 0 radical (unpaired) electrons. The van der Waals surface area contributed by atoms with E-state index in [2.05, 4.69) is 5.32 Å². The van der Waals surface area contributed by atoms with E-state index in [-0.39, 0.29) is 26.3 Å². The molecule has 4 nitrogen and oxygen atoms in total. The van der Waals surface area contributed by atoms with Crippen LogP contribution in [0.3, 0.4) is 0 Å². The highest BCUT2D eigenvalue weighted by Gasteiger charge is 2.23. The van der Waals surface area contributed by atoms with Gasteiger partial charge in [0.2, 0.25) is 0 Å². The highest BCUT2D eigenvalue weighted by atomic mass is 35.5. The SMILES string of the molecule is CCCCNC(=O)c1c(Cl)ccc(S(=O)(=O)CC)c1Cl. The lowest BCUT2D eigenvalue weighted by Crippen LogP contribution is -2.25. The monoisotopic (exact) mass is 337 g/mol. The molecule has 1 rings (SSSR count). The summed E-state index contributed by atoms with van der Waals surface area (Å²) in [4.78, 5) is 12.0. The van der Waals surface area contributed by atoms with Gasteiger partial charge in [0.15, 0.2) is 9.84 Å². The normalized spacial score (nSPS) is 11.4. The summed E-state index contributed by atoms with van der Waals surface area (Å²) in [6.07, 6.45) is 1.76. The minimum Gasteiger partial charge on any atom is -0.352 e. The van der Waals surface area contributed by atoms with Gasteiger partial charge in [-0.05, 0) is 18.6 Å². The maximum Gasteiger partial charge on any atom is 0.254 e. The van der Waals surface area contributed by atoms with Crippen molar-refractivity contribution in [2.75, 3.05) is 12.3 Å². The van der Waals surface area contributed by atoms with Crippen molar-refractivity contribution in [3.8, 4) is 0 Å². The molecule has 0 aliphatic heterocycles. The Labute approximate surface area is 129 Å². The molecule has 0 bridgehead atoms. The average molecular weight is 338 g/mol. The first-order chi connectivity index (χ1) is 9.35. The number of amides is 1. The van der Waals surface area contributed by atoms with E-state index < -0.39 is 15.7 Å². The molecule has 1 aromatic carbocycles. The number of hydrogen-bond donors (Lipinski definition) is 1. The Morgan fingerprint density at radius 3 is 2.45 bits per heavy atom. The van der Waals surface area contributed by atoms with Gasteiger partial charge in [-0.15, -0.1) is 0 Å². The smallest absolute Gasteiger partial charge is 0.254 e. The first kappa shape index (κ1) is 17.3. The van der Waals surface area contributed by atoms with Gasteiger partial charge in [-0.25, -0.2) is 8.42 Å². The zero-order valence-corrected chi connectivity index (χ0v) is 13.7. The Balaban J connectivity index is 3.20. The molecule has 0 aromatic heterocycles. The molecular weight excluding hydrogens is 321 g/mol. The summed E-state index contributed by atoms with van der Waals surface area (Å²) in [5.74, 6) is -0.549. The molecule has 1 amide bonds. The number of nitrogens with one attached hydrogen (secondary N) is 1. The van der Waals surface area contributed by atoms with Gasteiger partial charge in [0.25, 0.3) is 5.91 Å². The predicted molar refractivity (Wildman–Crippen MR) is 81.4 cm³/mol. The fourth-order valence-electron chi connectivity index (χ4n) is 1.60. The number of hydrogen-bond acceptors (Lipinski definition) is 3. The summed E-state index contributed by atoms with van der Waals surface area (Å²) in [5, 5.41) is 2.70. The van der Waals surface area contributed by atoms with Crippen LogP contribution in [0.15, 0.2) is 17.0 Å². The molecule has 0 atom stereocenters. The fraction of sp³-hybridized carbons (Fsp3) is 0.462. The number of carbonyl (C=O) groups excluding carboxylic acids is 1. The van der Waals surface area contributed by atoms with Crippen molar-refractivity contribution in [1.82, 2.24) is 5.32 Å². The van der Waals surface area contributed by atoms with Crippen molar-refractivity contribution in [1.29, 1.82) is 0 Å². The Kier molecular flexibility index (Phi) is 6.30. The number of sulfone groups is 1. The van der Waals surface area contributed by atoms with Gasteiger partial charge in [-0.1, -0.05) is 43.5 Å². The van der Waals surface area contributed by atoms with Crippen molar-refractivity contribution >= 4 is 38.9 Å². The number of halogens is 2. The van der Waals surface area contributed by atoms with Gasteiger partial charge >= 0.3 is 0 Å². The molecule has 0 aliphatic carbocycles. The first-order valence-electron chi connectivity index (χ1n) is 6.34. The molecule has 7 heteroatoms. The van der Waals surface area contributed by atoms with Crippen LogP contribution in [0.4, 0.5) is 0 Å². The lowest BCUT2D eigenvalue weighted by molar-refractivity contribution is 0.0953. The molecular formula is C13H17Cl2NO3S. The zero-order chi connectivity index (χ0) is 15.3. The first-order valence-corrected chi connectivity index (χ1v) is 8.74. The van der Waals surface area contributed by atoms with Gasteiger partial charge in [-0.3, -0.25) is 4.79 Å². The molecule has 0 heterocycles. The summed E-state index contributed by atoms with van der Waals surface area (Å²) < 4.78 is 23.8. The third-order valence-corrected chi connectivity index (χ3v) is 5.40. The van der Waals surface area contributed by atoms with Crippen molar-refractivity contribution in [2.45, 2.75) is 31.6 Å². The fourth-order valence-corrected chi connectivity index (χ4v) is 3.46. The summed E-state index contributed by atoms with van der Waals surface area (Å²) in [6.45, 7) is 4.01. The summed E-state index contributed by atoms with van der Waals surface area (Å²) >= 11 is 12.0. The van der Waals surface area contributed by atoms with E-state index in [1.165, 1.54) is 19.1 Å². The highest BCUT2D eigenvalue weighted by Crippen LogP contribution is 2.31. The Hall–Kier alpha value is -0.780. The van der Waals surface area contributed by atoms with Gasteiger partial charge in [0, 0.05) is 6.54 Å². The molecule has 0 aliphatic rings. The van der Waals surface area contributed by atoms with Crippen LogP contribution in [0.25, 0.3) is 0 Å². The summed E-state index contributed by atoms with van der Waals surface area (Å²) in [7, 11) is -3.50. The Bertz CT molecular complexity index is 600. The maximum atomic E-state index is 12.1. The van der Waals surface area contributed by atoms with Crippen LogP contribution < -0.4 is 5.32 Å². The lowest BCUT2D eigenvalue weighted by Gasteiger charge is -2.11. The molecule has 0 fully saturated rings. The summed E-state index contributed by atoms with van der Waals surface area (Å²) in [6, 6.07) is 2.71. The molecule has 1 aromatic rings. The van der Waals surface area contributed by atoms with Crippen LogP contribution in [0.5, 0.6) is 0 Å². The van der Waals surface area contributed by atoms with Crippen molar-refractivity contribution in [2.24, 2.45) is 0 Å². The zero-order valence-electron chi connectivity index (χ0n) is 11.4. The van der Waals surface area contributed by atoms with E-state index in [1.54, 1.807) is 0 Å². The quantitative estimate of drug-likeness (QED) is 0.810. The molecule has 0 unspecified atom stereocenters. The average Bonchev–Trinajstić information content (AvgIpc) is 2.38. The van der Waals surface area contributed by atoms with Crippen LogP contribution in [0, 0.1) is 0 Å². The minimum absolute atomic E-state index is 0.0129. The summed E-state index contributed by atoms with van der Waals surface area (Å²) in [5.41, 5.74) is 0.0129. The van der Waals surface area contributed by atoms with Gasteiger partial charge in [0.05, 0.1) is 26.3 Å². The molecule has 1 N–H and O–H groups in total. The van der Waals surface area contributed by atoms with E-state index in [1.807, 2.05) is 6.92 Å². The van der Waals surface area contributed by atoms with Crippen LogP contribution >= 0.6 is 23.2 Å². The highest BCUT2D eigenvalue weighted by molar-refractivity contribution is 7.91. The number of carbonyl (C=O) groups is 1. The molecule has 0 saturated carbocycles. The molecule has 0 spiro atoms. The third-order valence-electron chi connectivity index (χ3n) is 2.81. The van der Waals surface area contributed by atoms with E-state index >= 15 is 0 Å². The third kappa shape index (κ3) is 3.87. The van der Waals surface area contributed by atoms with E-state index in [9.17, 15) is 13.2 Å². The predicted octanol–water partition coefficient (Wildman–Crippen LogP) is 3.32. The topological polar surface area (TPSA) is 63.2 Å². The lowest BCUT2D eigenvalue weighted by atomic mass is 10.2. The van der Waals surface area contributed by atoms with Crippen molar-refractivity contribution < 1.29 is 13.2 Å². The van der Waals surface area contributed by atoms with E-state index in [4.69, 9.17) is 23.2 Å². The van der Waals surface area contributed by atoms with Gasteiger partial charge < -0.3 is 5.32 Å². The van der Waals surface area contributed by atoms with Crippen LogP contribution in [0.1, 0.15) is 37.0 Å². The Morgan fingerprint density at radius 2 is 1.90 bits per heavy atom. The Morgan fingerprint density at radius 1 is 1.25 bits per heavy atom. The van der Waals surface area contributed by atoms with Crippen LogP contribution in [-0.2, 0) is 9.84 Å². The standard InChI is InChI=1S/C13H17Cl2NO3S/c1-3-5-8-16-13(17)11-9(14)6-7-10(12(11)15)20(18,19)4-2/h6-7H,3-5,8H2,1-2H3,(H,16,17). The minimum atomic E-state index is -3.50. The van der Waals surface area contributed by atoms with Crippen molar-refractivity contribution in [3.63, 3.8) is 0 Å². The second-order valence-electron chi connectivity index (χ2n) is 4.25. The van der Waals surface area contributed by atoms with Crippen molar-refractivity contribution in [3.05, 3.63) is 27.7 Å². The second kappa shape index (κ2) is 7.29.